The van der Waals surface area contributed by atoms with Crippen LogP contribution in [0.25, 0.3) is 10.8 Å². The van der Waals surface area contributed by atoms with Crippen LogP contribution < -0.4 is 9.47 Å². The minimum absolute atomic E-state index is 0.0214. The normalized spacial score (nSPS) is 14.2. The van der Waals surface area contributed by atoms with E-state index in [0.29, 0.717) is 35.4 Å². The molecule has 0 saturated heterocycles. The first-order valence-electron chi connectivity index (χ1n) is 12.1. The molecule has 3 aromatic carbocycles. The molecular formula is C27H35NO8P+. The SMILES string of the molecule is C[N+](C)(C)CC(CC(=O)O)OP(=O)(O)OCCCCOc1cccc(Oc2ccc3ccccc3c2)c1. The minimum Gasteiger partial charge on any atom is -0.493 e. The molecule has 0 radical (unpaired) electrons. The van der Waals surface area contributed by atoms with Gasteiger partial charge >= 0.3 is 13.8 Å². The Hall–Kier alpha value is -2.94. The highest BCUT2D eigenvalue weighted by Crippen LogP contribution is 2.45. The molecule has 10 heteroatoms. The summed E-state index contributed by atoms with van der Waals surface area (Å²) in [5, 5.41) is 11.3. The molecule has 2 N–H and O–H groups in total. The lowest BCUT2D eigenvalue weighted by Crippen LogP contribution is -2.42. The van der Waals surface area contributed by atoms with Gasteiger partial charge in [-0.05, 0) is 47.9 Å². The Labute approximate surface area is 217 Å². The first kappa shape index (κ1) is 28.6. The van der Waals surface area contributed by atoms with E-state index in [0.717, 1.165) is 16.5 Å². The summed E-state index contributed by atoms with van der Waals surface area (Å²) < 4.78 is 34.6. The number of unbranched alkanes of at least 4 members (excludes halogenated alkanes) is 1. The second-order valence-corrected chi connectivity index (χ2v) is 11.1. The van der Waals surface area contributed by atoms with Gasteiger partial charge in [-0.1, -0.05) is 36.4 Å². The first-order chi connectivity index (χ1) is 17.5. The van der Waals surface area contributed by atoms with Gasteiger partial charge in [-0.15, -0.1) is 0 Å². The van der Waals surface area contributed by atoms with Crippen LogP contribution in [-0.4, -0.2) is 67.5 Å². The summed E-state index contributed by atoms with van der Waals surface area (Å²) in [7, 11) is 1.14. The van der Waals surface area contributed by atoms with Crippen molar-refractivity contribution in [3.05, 3.63) is 66.7 Å². The highest BCUT2D eigenvalue weighted by Gasteiger charge is 2.31. The molecule has 9 nitrogen and oxygen atoms in total. The van der Waals surface area contributed by atoms with Gasteiger partial charge in [0.05, 0.1) is 40.8 Å². The number of phosphoric ester groups is 1. The maximum atomic E-state index is 12.3. The highest BCUT2D eigenvalue weighted by molar-refractivity contribution is 7.47. The second kappa shape index (κ2) is 13.0. The van der Waals surface area contributed by atoms with Crippen molar-refractivity contribution < 1.29 is 42.4 Å². The van der Waals surface area contributed by atoms with Crippen LogP contribution in [0, 0.1) is 0 Å². The monoisotopic (exact) mass is 532 g/mol. The molecule has 0 heterocycles. The topological polar surface area (TPSA) is 112 Å². The summed E-state index contributed by atoms with van der Waals surface area (Å²) in [4.78, 5) is 21.1. The number of rotatable bonds is 15. The number of hydrogen-bond donors (Lipinski definition) is 2. The van der Waals surface area contributed by atoms with Crippen LogP contribution in [0.3, 0.4) is 0 Å². The lowest BCUT2D eigenvalue weighted by atomic mass is 10.1. The molecule has 0 aliphatic heterocycles. The van der Waals surface area contributed by atoms with E-state index < -0.39 is 19.9 Å². The lowest BCUT2D eigenvalue weighted by molar-refractivity contribution is -0.873. The zero-order chi connectivity index (χ0) is 26.9. The number of benzene rings is 3. The number of phosphoric acid groups is 1. The fraction of sp³-hybridized carbons (Fsp3) is 0.370. The average Bonchev–Trinajstić information content (AvgIpc) is 2.79. The number of quaternary nitrogens is 1. The van der Waals surface area contributed by atoms with Crippen molar-refractivity contribution in [2.24, 2.45) is 0 Å². The highest BCUT2D eigenvalue weighted by atomic mass is 31.2. The molecule has 0 bridgehead atoms. The van der Waals surface area contributed by atoms with E-state index in [1.807, 2.05) is 81.8 Å². The number of aliphatic carboxylic acids is 1. The van der Waals surface area contributed by atoms with E-state index in [2.05, 4.69) is 0 Å². The number of carboxylic acid groups (broad SMARTS) is 1. The number of nitrogens with zero attached hydrogens (tertiary/aromatic N) is 1. The number of ether oxygens (including phenoxy) is 2. The van der Waals surface area contributed by atoms with Gasteiger partial charge in [-0.2, -0.15) is 0 Å². The molecule has 0 aromatic heterocycles. The zero-order valence-corrected chi connectivity index (χ0v) is 22.3. The van der Waals surface area contributed by atoms with Crippen molar-refractivity contribution in [3.8, 4) is 17.2 Å². The Morgan fingerprint density at radius 3 is 2.30 bits per heavy atom. The van der Waals surface area contributed by atoms with Gasteiger partial charge in [0.25, 0.3) is 0 Å². The van der Waals surface area contributed by atoms with Crippen LogP contribution in [0.5, 0.6) is 17.2 Å². The van der Waals surface area contributed by atoms with E-state index in [4.69, 9.17) is 23.6 Å². The molecule has 2 atom stereocenters. The van der Waals surface area contributed by atoms with E-state index in [1.54, 1.807) is 6.07 Å². The molecule has 3 aromatic rings. The Morgan fingerprint density at radius 1 is 0.892 bits per heavy atom. The minimum atomic E-state index is -4.38. The zero-order valence-electron chi connectivity index (χ0n) is 21.4. The fourth-order valence-electron chi connectivity index (χ4n) is 3.73. The van der Waals surface area contributed by atoms with E-state index in [1.165, 1.54) is 0 Å². The van der Waals surface area contributed by atoms with Crippen LogP contribution in [0.2, 0.25) is 0 Å². The quantitative estimate of drug-likeness (QED) is 0.151. The summed E-state index contributed by atoms with van der Waals surface area (Å²) in [6.07, 6.45) is -0.297. The number of carbonyl (C=O) groups is 1. The summed E-state index contributed by atoms with van der Waals surface area (Å²) in [6.45, 7) is 0.604. The molecule has 200 valence electrons. The van der Waals surface area contributed by atoms with Crippen molar-refractivity contribution >= 4 is 24.6 Å². The predicted octanol–water partition coefficient (Wildman–Crippen LogP) is 5.47. The second-order valence-electron chi connectivity index (χ2n) is 9.74. The van der Waals surface area contributed by atoms with Gasteiger partial charge < -0.3 is 24.0 Å². The maximum Gasteiger partial charge on any atom is 0.472 e. The Bertz CT molecular complexity index is 1230. The van der Waals surface area contributed by atoms with Crippen molar-refractivity contribution in [3.63, 3.8) is 0 Å². The predicted molar refractivity (Wildman–Crippen MR) is 141 cm³/mol. The molecule has 0 saturated carbocycles. The van der Waals surface area contributed by atoms with Gasteiger partial charge in [0, 0.05) is 6.07 Å². The van der Waals surface area contributed by atoms with Crippen LogP contribution >= 0.6 is 7.82 Å². The first-order valence-corrected chi connectivity index (χ1v) is 13.6. The van der Waals surface area contributed by atoms with Gasteiger partial charge in [0.2, 0.25) is 0 Å². The maximum absolute atomic E-state index is 12.3. The molecule has 0 amide bonds. The van der Waals surface area contributed by atoms with E-state index in [9.17, 15) is 14.3 Å². The van der Waals surface area contributed by atoms with Crippen molar-refractivity contribution in [2.45, 2.75) is 25.4 Å². The van der Waals surface area contributed by atoms with Gasteiger partial charge in [-0.25, -0.2) is 4.57 Å². The van der Waals surface area contributed by atoms with Gasteiger partial charge in [0.1, 0.15) is 29.9 Å². The Kier molecular flexibility index (Phi) is 10.1. The third-order valence-corrected chi connectivity index (χ3v) is 6.33. The molecular weight excluding hydrogens is 497 g/mol. The van der Waals surface area contributed by atoms with Crippen LogP contribution in [0.4, 0.5) is 0 Å². The number of carboxylic acids is 1. The molecule has 0 aliphatic carbocycles. The summed E-state index contributed by atoms with van der Waals surface area (Å²) in [6, 6.07) is 21.3. The average molecular weight is 533 g/mol. The Balaban J connectivity index is 1.41. The molecule has 2 unspecified atom stereocenters. The lowest BCUT2D eigenvalue weighted by Gasteiger charge is -2.29. The number of fused-ring (bicyclic) bond motifs is 1. The third kappa shape index (κ3) is 10.5. The molecule has 0 fully saturated rings. The van der Waals surface area contributed by atoms with Crippen molar-refractivity contribution in [2.75, 3.05) is 40.9 Å². The number of hydrogen-bond acceptors (Lipinski definition) is 6. The van der Waals surface area contributed by atoms with Crippen LogP contribution in [-0.2, 0) is 18.4 Å². The molecule has 0 spiro atoms. The van der Waals surface area contributed by atoms with Crippen molar-refractivity contribution in [1.82, 2.24) is 0 Å². The van der Waals surface area contributed by atoms with Gasteiger partial charge in [0.15, 0.2) is 0 Å². The summed E-state index contributed by atoms with van der Waals surface area (Å²) >= 11 is 0. The number of likely N-dealkylation sites (N-methyl/N-ethyl adjacent to an activating group) is 1. The summed E-state index contributed by atoms with van der Waals surface area (Å²) in [5.41, 5.74) is 0. The van der Waals surface area contributed by atoms with E-state index in [-0.39, 0.29) is 19.6 Å². The third-order valence-electron chi connectivity index (χ3n) is 5.26. The smallest absolute Gasteiger partial charge is 0.472 e. The van der Waals surface area contributed by atoms with E-state index >= 15 is 0 Å². The summed E-state index contributed by atoms with van der Waals surface area (Å²) in [5.74, 6) is 0.921. The van der Waals surface area contributed by atoms with Gasteiger partial charge in [-0.3, -0.25) is 13.8 Å². The van der Waals surface area contributed by atoms with Crippen molar-refractivity contribution in [1.29, 1.82) is 0 Å². The largest absolute Gasteiger partial charge is 0.493 e. The van der Waals surface area contributed by atoms with Crippen LogP contribution in [0.15, 0.2) is 66.7 Å². The molecule has 37 heavy (non-hydrogen) atoms. The fourth-order valence-corrected chi connectivity index (χ4v) is 4.67. The molecule has 3 rings (SSSR count). The van der Waals surface area contributed by atoms with Crippen LogP contribution in [0.1, 0.15) is 19.3 Å². The standard InChI is InChI=1S/C27H34NO8P/c1-28(2,3)20-26(19-27(29)30)36-37(31,32)34-16-7-6-15-33-23-11-8-12-24(18-23)35-25-14-13-21-9-4-5-10-22(21)17-25/h4-5,8-14,17-18,26H,6-7,15-16,19-20H2,1-3H3,(H-,29,30,31,32)/p+1. The molecule has 0 aliphatic rings. The Morgan fingerprint density at radius 2 is 1.57 bits per heavy atom.